The Hall–Kier alpha value is -0.380. The molecule has 1 aromatic carbocycles. The third-order valence-corrected chi connectivity index (χ3v) is 7.25. The van der Waals surface area contributed by atoms with Crippen LogP contribution in [0.3, 0.4) is 0 Å². The van der Waals surface area contributed by atoms with Gasteiger partial charge in [0, 0.05) is 13.1 Å². The van der Waals surface area contributed by atoms with E-state index in [0.29, 0.717) is 7.65 Å². The zero-order valence-electron chi connectivity index (χ0n) is 10.8. The van der Waals surface area contributed by atoms with E-state index in [2.05, 4.69) is 0 Å². The van der Waals surface area contributed by atoms with Gasteiger partial charge < -0.3 is 0 Å². The molecule has 1 rings (SSSR count). The first-order valence-electron chi connectivity index (χ1n) is 5.65. The molecule has 0 saturated heterocycles. The van der Waals surface area contributed by atoms with Crippen molar-refractivity contribution in [3.63, 3.8) is 0 Å². The second-order valence-corrected chi connectivity index (χ2v) is 8.63. The van der Waals surface area contributed by atoms with Crippen LogP contribution in [-0.4, -0.2) is 37.6 Å². The van der Waals surface area contributed by atoms with Gasteiger partial charge in [0.2, 0.25) is 0 Å². The molecule has 0 saturated carbocycles. The van der Waals surface area contributed by atoms with Crippen LogP contribution in [0.2, 0.25) is 0 Å². The van der Waals surface area contributed by atoms with Crippen molar-refractivity contribution in [2.24, 2.45) is 0 Å². The molecular formula is C10H14Cl2N2O4S2. The lowest BCUT2D eigenvalue weighted by molar-refractivity contribution is 0.542. The predicted octanol–water partition coefficient (Wildman–Crippen LogP) is 2.02. The summed E-state index contributed by atoms with van der Waals surface area (Å²) in [6, 6.07) is 4.88. The van der Waals surface area contributed by atoms with Crippen molar-refractivity contribution >= 4 is 43.6 Å². The first kappa shape index (κ1) is 17.7. The third-order valence-electron chi connectivity index (χ3n) is 2.42. The summed E-state index contributed by atoms with van der Waals surface area (Å²) >= 11 is 11.2. The van der Waals surface area contributed by atoms with Crippen LogP contribution >= 0.6 is 23.6 Å². The molecule has 0 spiro atoms. The molecule has 114 valence electrons. The summed E-state index contributed by atoms with van der Waals surface area (Å²) < 4.78 is 49.4. The Labute approximate surface area is 129 Å². The number of hydrogen-bond acceptors (Lipinski definition) is 4. The molecule has 0 N–H and O–H groups in total. The number of hydrogen-bond donors (Lipinski definition) is 0. The van der Waals surface area contributed by atoms with E-state index < -0.39 is 20.0 Å². The molecule has 0 aliphatic rings. The summed E-state index contributed by atoms with van der Waals surface area (Å²) in [7, 11) is -7.86. The molecule has 0 unspecified atom stereocenters. The van der Waals surface area contributed by atoms with Gasteiger partial charge in [-0.25, -0.2) is 16.8 Å². The smallest absolute Gasteiger partial charge is 0.206 e. The van der Waals surface area contributed by atoms with Gasteiger partial charge in [0.25, 0.3) is 20.0 Å². The van der Waals surface area contributed by atoms with Crippen molar-refractivity contribution in [3.8, 4) is 0 Å². The molecule has 0 aliphatic heterocycles. The highest BCUT2D eigenvalue weighted by molar-refractivity contribution is 7.90. The van der Waals surface area contributed by atoms with Crippen molar-refractivity contribution in [2.75, 3.05) is 13.1 Å². The Morgan fingerprint density at radius 2 is 1.25 bits per heavy atom. The van der Waals surface area contributed by atoms with Gasteiger partial charge in [0.15, 0.2) is 0 Å². The maximum Gasteiger partial charge on any atom is 0.256 e. The van der Waals surface area contributed by atoms with E-state index in [-0.39, 0.29) is 22.9 Å². The average molecular weight is 361 g/mol. The number of rotatable bonds is 6. The normalized spacial score (nSPS) is 13.1. The van der Waals surface area contributed by atoms with Crippen molar-refractivity contribution in [3.05, 3.63) is 24.3 Å². The maximum atomic E-state index is 12.0. The molecule has 0 radical (unpaired) electrons. The molecule has 0 amide bonds. The van der Waals surface area contributed by atoms with Gasteiger partial charge in [0.05, 0.1) is 9.79 Å². The molecule has 0 fully saturated rings. The minimum atomic E-state index is -3.93. The Kier molecular flexibility index (Phi) is 5.82. The average Bonchev–Trinajstić information content (AvgIpc) is 2.45. The Morgan fingerprint density at radius 3 is 1.55 bits per heavy atom. The first-order chi connectivity index (χ1) is 9.17. The lowest BCUT2D eigenvalue weighted by Gasteiger charge is -2.15. The number of benzene rings is 1. The molecule has 1 aromatic rings. The standard InChI is InChI=1S/C10H14Cl2N2O4S2/c1-3-13(11)19(15,16)9-6-5-7-10(8-9)20(17,18)14(12)4-2/h5-8H,3-4H2,1-2H3. The quantitative estimate of drug-likeness (QED) is 0.727. The van der Waals surface area contributed by atoms with E-state index in [1.54, 1.807) is 13.8 Å². The highest BCUT2D eigenvalue weighted by Crippen LogP contribution is 2.23. The number of sulfonamides is 2. The summed E-state index contributed by atoms with van der Waals surface area (Å²) in [4.78, 5) is -0.423. The molecule has 0 atom stereocenters. The molecule has 6 nitrogen and oxygen atoms in total. The molecule has 0 aromatic heterocycles. The van der Waals surface area contributed by atoms with Crippen LogP contribution in [0.1, 0.15) is 13.8 Å². The largest absolute Gasteiger partial charge is 0.256 e. The van der Waals surface area contributed by atoms with Crippen molar-refractivity contribution in [1.29, 1.82) is 0 Å². The fourth-order valence-corrected chi connectivity index (χ4v) is 4.11. The Balaban J connectivity index is 3.36. The zero-order chi connectivity index (χ0) is 15.6. The van der Waals surface area contributed by atoms with E-state index in [0.717, 1.165) is 6.07 Å². The third kappa shape index (κ3) is 3.44. The van der Waals surface area contributed by atoms with Gasteiger partial charge in [-0.3, -0.25) is 0 Å². The molecule has 10 heteroatoms. The molecule has 0 aliphatic carbocycles. The second kappa shape index (κ2) is 6.59. The summed E-state index contributed by atoms with van der Waals surface area (Å²) in [5.41, 5.74) is 0. The van der Waals surface area contributed by atoms with Gasteiger partial charge in [-0.1, -0.05) is 6.07 Å². The molecule has 20 heavy (non-hydrogen) atoms. The van der Waals surface area contributed by atoms with E-state index in [9.17, 15) is 16.8 Å². The topological polar surface area (TPSA) is 74.8 Å². The van der Waals surface area contributed by atoms with Gasteiger partial charge in [-0.15, -0.1) is 7.65 Å². The van der Waals surface area contributed by atoms with Crippen molar-refractivity contribution in [2.45, 2.75) is 23.6 Å². The summed E-state index contributed by atoms with van der Waals surface area (Å²) in [6.45, 7) is 3.22. The van der Waals surface area contributed by atoms with Crippen molar-refractivity contribution in [1.82, 2.24) is 7.65 Å². The van der Waals surface area contributed by atoms with E-state index >= 15 is 0 Å². The lowest BCUT2D eigenvalue weighted by atomic mass is 10.4. The van der Waals surface area contributed by atoms with E-state index in [4.69, 9.17) is 23.6 Å². The van der Waals surface area contributed by atoms with Crippen LogP contribution in [0, 0.1) is 0 Å². The van der Waals surface area contributed by atoms with Crippen LogP contribution in [0.25, 0.3) is 0 Å². The van der Waals surface area contributed by atoms with E-state index in [1.807, 2.05) is 0 Å². The minimum absolute atomic E-state index is 0.0530. The summed E-state index contributed by atoms with van der Waals surface area (Å²) in [6.07, 6.45) is 0. The van der Waals surface area contributed by atoms with Crippen LogP contribution in [-0.2, 0) is 20.0 Å². The Morgan fingerprint density at radius 1 is 0.900 bits per heavy atom. The monoisotopic (exact) mass is 360 g/mol. The van der Waals surface area contributed by atoms with Gasteiger partial charge in [-0.2, -0.15) is 0 Å². The second-order valence-electron chi connectivity index (χ2n) is 3.69. The zero-order valence-corrected chi connectivity index (χ0v) is 14.0. The number of nitrogens with zero attached hydrogens (tertiary/aromatic N) is 2. The highest BCUT2D eigenvalue weighted by atomic mass is 35.5. The van der Waals surface area contributed by atoms with Crippen LogP contribution < -0.4 is 0 Å². The van der Waals surface area contributed by atoms with Gasteiger partial charge >= 0.3 is 0 Å². The van der Waals surface area contributed by atoms with Gasteiger partial charge in [-0.05, 0) is 55.6 Å². The highest BCUT2D eigenvalue weighted by Gasteiger charge is 2.26. The predicted molar refractivity (Wildman–Crippen MR) is 77.3 cm³/mol. The molecular weight excluding hydrogens is 347 g/mol. The first-order valence-corrected chi connectivity index (χ1v) is 9.20. The molecule has 0 heterocycles. The maximum absolute atomic E-state index is 12.0. The fourth-order valence-electron chi connectivity index (χ4n) is 1.36. The lowest BCUT2D eigenvalue weighted by Crippen LogP contribution is -2.24. The minimum Gasteiger partial charge on any atom is -0.206 e. The van der Waals surface area contributed by atoms with Crippen LogP contribution in [0.5, 0.6) is 0 Å². The fraction of sp³-hybridized carbons (Fsp3) is 0.400. The summed E-state index contributed by atoms with van der Waals surface area (Å²) in [5.74, 6) is 0. The SMILES string of the molecule is CCN(Cl)S(=O)(=O)c1cccc(S(=O)(=O)N(Cl)CC)c1. The van der Waals surface area contributed by atoms with E-state index in [1.165, 1.54) is 18.2 Å². The Bertz CT molecular complexity index is 621. The van der Waals surface area contributed by atoms with Crippen molar-refractivity contribution < 1.29 is 16.8 Å². The molecule has 0 bridgehead atoms. The number of halogens is 2. The van der Waals surface area contributed by atoms with Gasteiger partial charge in [0.1, 0.15) is 0 Å². The van der Waals surface area contributed by atoms with Crippen LogP contribution in [0.15, 0.2) is 34.1 Å². The van der Waals surface area contributed by atoms with Crippen LogP contribution in [0.4, 0.5) is 0 Å². The summed E-state index contributed by atoms with van der Waals surface area (Å²) in [5, 5.41) is 0.